The van der Waals surface area contributed by atoms with Gasteiger partial charge in [-0.1, -0.05) is 94.0 Å². The van der Waals surface area contributed by atoms with Crippen LogP contribution in [0.3, 0.4) is 0 Å². The number of ketones is 1. The van der Waals surface area contributed by atoms with Crippen LogP contribution in [0.1, 0.15) is 83.3 Å². The zero-order chi connectivity index (χ0) is 30.7. The first kappa shape index (κ1) is 29.3. The smallest absolute Gasteiger partial charge is 0.407 e. The Morgan fingerprint density at radius 1 is 0.909 bits per heavy atom. The largest absolute Gasteiger partial charge is 0.449 e. The molecule has 0 heterocycles. The maximum atomic E-state index is 12.8. The summed E-state index contributed by atoms with van der Waals surface area (Å²) in [5.74, 6) is 2.29. The van der Waals surface area contributed by atoms with E-state index in [9.17, 15) is 9.59 Å². The van der Waals surface area contributed by atoms with Crippen molar-refractivity contribution in [1.29, 1.82) is 0 Å². The number of fused-ring (bicyclic) bond motifs is 8. The van der Waals surface area contributed by atoms with E-state index in [1.165, 1.54) is 27.8 Å². The molecule has 0 aromatic heterocycles. The maximum absolute atomic E-state index is 12.8. The number of nitrogens with one attached hydrogen (secondary N) is 2. The monoisotopic (exact) mass is 594 g/mol. The van der Waals surface area contributed by atoms with E-state index in [0.29, 0.717) is 43.3 Å². The van der Waals surface area contributed by atoms with Crippen molar-refractivity contribution in [3.8, 4) is 11.1 Å². The number of carbonyl (C=O) groups is 2. The molecule has 2 fully saturated rings. The van der Waals surface area contributed by atoms with Crippen LogP contribution in [0.5, 0.6) is 0 Å². The summed E-state index contributed by atoms with van der Waals surface area (Å²) in [6.07, 6.45) is 10.5. The van der Waals surface area contributed by atoms with E-state index < -0.39 is 6.09 Å². The first-order chi connectivity index (χ1) is 21.1. The van der Waals surface area contributed by atoms with Crippen LogP contribution < -0.4 is 10.8 Å². The van der Waals surface area contributed by atoms with Crippen molar-refractivity contribution in [2.45, 2.75) is 72.1 Å². The van der Waals surface area contributed by atoms with Crippen molar-refractivity contribution in [3.05, 3.63) is 83.1 Å². The molecule has 0 unspecified atom stereocenters. The van der Waals surface area contributed by atoms with Gasteiger partial charge in [-0.2, -0.15) is 0 Å². The van der Waals surface area contributed by atoms with Crippen molar-refractivity contribution >= 4 is 11.9 Å². The standard InChI is InChI=1S/C38H46N2O4/c1-36(2)32-15-13-28-30-14-16-34(41)38(30,4)19-17-31(28)37(32,3)20-18-33(36)40-44-22-21-39-35(42)43-23-29-26-11-7-5-9-24(26)25-10-6-8-12-27(25)29/h5-12,15,18,28-31,40H,13-14,16-17,19-23H2,1-4H3,(H,39,42)/t28-,30-,31-,37+,38-/m0/s1. The van der Waals surface area contributed by atoms with E-state index >= 15 is 0 Å². The Kier molecular flexibility index (Phi) is 7.27. The molecule has 0 saturated heterocycles. The number of allylic oxidation sites excluding steroid dienone is 3. The molecule has 232 valence electrons. The number of benzene rings is 2. The van der Waals surface area contributed by atoms with Gasteiger partial charge in [-0.3, -0.25) is 15.1 Å². The average molecular weight is 595 g/mol. The Balaban J connectivity index is 0.911. The Morgan fingerprint density at radius 3 is 2.32 bits per heavy atom. The first-order valence-corrected chi connectivity index (χ1v) is 16.6. The van der Waals surface area contributed by atoms with Gasteiger partial charge in [-0.05, 0) is 77.5 Å². The van der Waals surface area contributed by atoms with Gasteiger partial charge in [0.1, 0.15) is 12.4 Å². The molecule has 0 bridgehead atoms. The molecule has 6 heteroatoms. The van der Waals surface area contributed by atoms with Gasteiger partial charge in [-0.25, -0.2) is 4.79 Å². The second kappa shape index (κ2) is 10.9. The quantitative estimate of drug-likeness (QED) is 0.195. The highest BCUT2D eigenvalue weighted by Crippen LogP contribution is 2.66. The van der Waals surface area contributed by atoms with E-state index in [2.05, 4.69) is 87.0 Å². The molecule has 1 amide bonds. The van der Waals surface area contributed by atoms with Crippen LogP contribution in [-0.2, 0) is 14.4 Å². The summed E-state index contributed by atoms with van der Waals surface area (Å²) in [5, 5.41) is 2.84. The molecule has 0 aliphatic heterocycles. The van der Waals surface area contributed by atoms with Gasteiger partial charge in [0.15, 0.2) is 0 Å². The Hall–Kier alpha value is -3.38. The van der Waals surface area contributed by atoms with Crippen LogP contribution in [0.15, 0.2) is 72.0 Å². The van der Waals surface area contributed by atoms with E-state index in [-0.39, 0.29) is 22.2 Å². The third-order valence-electron chi connectivity index (χ3n) is 12.3. The van der Waals surface area contributed by atoms with Gasteiger partial charge in [0.05, 0.1) is 6.61 Å². The predicted molar refractivity (Wildman–Crippen MR) is 171 cm³/mol. The van der Waals surface area contributed by atoms with Crippen LogP contribution in [0.25, 0.3) is 11.1 Å². The fraction of sp³-hybridized carbons (Fsp3) is 0.526. The van der Waals surface area contributed by atoms with E-state index in [0.717, 1.165) is 44.2 Å². The van der Waals surface area contributed by atoms with Crippen molar-refractivity contribution < 1.29 is 19.2 Å². The molecule has 5 aliphatic carbocycles. The Bertz CT molecular complexity index is 1500. The Morgan fingerprint density at radius 2 is 1.59 bits per heavy atom. The van der Waals surface area contributed by atoms with E-state index in [1.807, 2.05) is 12.1 Å². The van der Waals surface area contributed by atoms with Gasteiger partial charge < -0.3 is 10.1 Å². The van der Waals surface area contributed by atoms with Gasteiger partial charge in [0.25, 0.3) is 0 Å². The van der Waals surface area contributed by atoms with Crippen molar-refractivity contribution in [2.75, 3.05) is 19.8 Å². The highest BCUT2D eigenvalue weighted by atomic mass is 16.6. The molecule has 6 nitrogen and oxygen atoms in total. The minimum atomic E-state index is -0.433. The fourth-order valence-corrected chi connectivity index (χ4v) is 9.96. The normalized spacial score (nSPS) is 31.5. The predicted octanol–water partition coefficient (Wildman–Crippen LogP) is 7.71. The minimum Gasteiger partial charge on any atom is -0.449 e. The molecule has 7 rings (SSSR count). The topological polar surface area (TPSA) is 76.7 Å². The summed E-state index contributed by atoms with van der Waals surface area (Å²) in [6.45, 7) is 10.3. The molecule has 2 aromatic carbocycles. The van der Waals surface area contributed by atoms with Crippen molar-refractivity contribution in [3.63, 3.8) is 0 Å². The number of hydroxylamine groups is 1. The molecule has 44 heavy (non-hydrogen) atoms. The molecule has 2 N–H and O–H groups in total. The lowest BCUT2D eigenvalue weighted by Gasteiger charge is -2.58. The summed E-state index contributed by atoms with van der Waals surface area (Å²) >= 11 is 0. The second-order valence-corrected chi connectivity index (χ2v) is 14.7. The van der Waals surface area contributed by atoms with Crippen molar-refractivity contribution in [2.24, 2.45) is 34.0 Å². The zero-order valence-electron chi connectivity index (χ0n) is 26.6. The van der Waals surface area contributed by atoms with Crippen LogP contribution in [0, 0.1) is 34.0 Å². The number of carbonyl (C=O) groups excluding carboxylic acids is 2. The van der Waals surface area contributed by atoms with Gasteiger partial charge >= 0.3 is 6.09 Å². The summed E-state index contributed by atoms with van der Waals surface area (Å²) in [5.41, 5.74) is 10.5. The van der Waals surface area contributed by atoms with Crippen molar-refractivity contribution in [1.82, 2.24) is 10.8 Å². The fourth-order valence-electron chi connectivity index (χ4n) is 9.96. The summed E-state index contributed by atoms with van der Waals surface area (Å²) < 4.78 is 5.66. The molecule has 2 aromatic rings. The Labute approximate surface area is 261 Å². The van der Waals surface area contributed by atoms with E-state index in [1.54, 1.807) is 0 Å². The van der Waals surface area contributed by atoms with Crippen LogP contribution >= 0.6 is 0 Å². The molecular formula is C38H46N2O4. The number of ether oxygens (including phenoxy) is 1. The first-order valence-electron chi connectivity index (χ1n) is 16.6. The van der Waals surface area contributed by atoms with Gasteiger partial charge in [0.2, 0.25) is 0 Å². The molecule has 0 radical (unpaired) electrons. The second-order valence-electron chi connectivity index (χ2n) is 14.7. The zero-order valence-corrected chi connectivity index (χ0v) is 26.6. The number of rotatable bonds is 7. The lowest BCUT2D eigenvalue weighted by molar-refractivity contribution is -0.131. The van der Waals surface area contributed by atoms with Gasteiger partial charge in [0, 0.05) is 35.4 Å². The SMILES string of the molecule is CC1(C)C(NOCCNC(=O)OCC2c3ccccc3-c3ccccc32)=CC[C@@]2(C)C1=CC[C@@H]1[C@@H]2CC[C@]2(C)C(=O)CC[C@@H]12. The molecule has 2 saturated carbocycles. The number of hydrogen-bond donors (Lipinski definition) is 2. The number of amides is 1. The average Bonchev–Trinajstić information content (AvgIpc) is 3.50. The lowest BCUT2D eigenvalue weighted by atomic mass is 9.46. The molecule has 5 aliphatic rings. The van der Waals surface area contributed by atoms with Gasteiger partial charge in [-0.15, -0.1) is 0 Å². The highest BCUT2D eigenvalue weighted by molar-refractivity contribution is 5.87. The lowest BCUT2D eigenvalue weighted by Crippen LogP contribution is -2.52. The van der Waals surface area contributed by atoms with Crippen LogP contribution in [-0.4, -0.2) is 31.6 Å². The minimum absolute atomic E-state index is 0.0420. The third kappa shape index (κ3) is 4.55. The summed E-state index contributed by atoms with van der Waals surface area (Å²) in [7, 11) is 0. The van der Waals surface area contributed by atoms with Crippen LogP contribution in [0.2, 0.25) is 0 Å². The molecule has 0 spiro atoms. The molecular weight excluding hydrogens is 548 g/mol. The van der Waals surface area contributed by atoms with E-state index in [4.69, 9.17) is 9.57 Å². The summed E-state index contributed by atoms with van der Waals surface area (Å²) in [4.78, 5) is 31.2. The number of hydrogen-bond acceptors (Lipinski definition) is 5. The third-order valence-corrected chi connectivity index (χ3v) is 12.3. The highest BCUT2D eigenvalue weighted by Gasteiger charge is 2.60. The molecule has 5 atom stereocenters. The summed E-state index contributed by atoms with van der Waals surface area (Å²) in [6, 6.07) is 16.7. The van der Waals surface area contributed by atoms with Crippen LogP contribution in [0.4, 0.5) is 4.79 Å². The number of alkyl carbamates (subject to hydrolysis) is 1. The maximum Gasteiger partial charge on any atom is 0.407 e. The number of Topliss-reactive ketones (excluding diaryl/α,β-unsaturated/α-hetero) is 1.